The molecule has 2 N–H and O–H groups in total. The van der Waals surface area contributed by atoms with Crippen molar-refractivity contribution < 1.29 is 14.4 Å². The summed E-state index contributed by atoms with van der Waals surface area (Å²) in [6.45, 7) is 4.25. The Kier molecular flexibility index (Phi) is 13.5. The fourth-order valence-corrected chi connectivity index (χ4v) is 0. The lowest BCUT2D eigenvalue weighted by Gasteiger charge is -1.48. The highest BCUT2D eigenvalue weighted by molar-refractivity contribution is 7.30. The van der Waals surface area contributed by atoms with Crippen LogP contribution in [0.5, 0.6) is 0 Å². The van der Waals surface area contributed by atoms with Crippen LogP contribution in [0.4, 0.5) is 0 Å². The van der Waals surface area contributed by atoms with Crippen molar-refractivity contribution in [2.24, 2.45) is 0 Å². The van der Waals surface area contributed by atoms with Gasteiger partial charge in [-0.25, -0.2) is 0 Å². The van der Waals surface area contributed by atoms with E-state index in [0.29, 0.717) is 0 Å². The first-order valence-electron chi connectivity index (χ1n) is 2.00. The van der Waals surface area contributed by atoms with Crippen LogP contribution in [0.15, 0.2) is 0 Å². The molecule has 7 heavy (non-hydrogen) atoms. The molecule has 3 nitrogen and oxygen atoms in total. The van der Waals surface area contributed by atoms with Crippen LogP contribution in [0.3, 0.4) is 0 Å². The molecule has 0 saturated carbocycles. The summed E-state index contributed by atoms with van der Waals surface area (Å²) in [7, 11) is -2.87. The quantitative estimate of drug-likeness (QED) is 0.475. The lowest BCUT2D eigenvalue weighted by Crippen LogP contribution is -1.38. The van der Waals surface area contributed by atoms with Crippen molar-refractivity contribution in [3.8, 4) is 0 Å². The molecule has 0 unspecified atom stereocenters. The van der Waals surface area contributed by atoms with Crippen molar-refractivity contribution >= 4 is 8.25 Å². The highest BCUT2D eigenvalue weighted by Crippen LogP contribution is 1.98. The molecule has 0 saturated heterocycles. The van der Waals surface area contributed by atoms with Crippen LogP contribution in [0.2, 0.25) is 0 Å². The Morgan fingerprint density at radius 2 is 1.43 bits per heavy atom. The highest BCUT2D eigenvalue weighted by atomic mass is 31.1. The Bertz CT molecular complexity index is 41.4. The third kappa shape index (κ3) is 243000. The van der Waals surface area contributed by atoms with Gasteiger partial charge in [0.1, 0.15) is 0 Å². The van der Waals surface area contributed by atoms with Gasteiger partial charge in [-0.2, -0.15) is 0 Å². The molecule has 0 radical (unpaired) electrons. The van der Waals surface area contributed by atoms with Crippen LogP contribution >= 0.6 is 8.25 Å². The van der Waals surface area contributed by atoms with Crippen molar-refractivity contribution in [3.05, 3.63) is 0 Å². The monoisotopic (exact) mass is 125 g/mol. The summed E-state index contributed by atoms with van der Waals surface area (Å²) in [5, 5.41) is 0. The van der Waals surface area contributed by atoms with Gasteiger partial charge in [-0.05, 0) is 0 Å². The van der Waals surface area contributed by atoms with Crippen molar-refractivity contribution in [1.29, 1.82) is 0 Å². The first-order chi connectivity index (χ1) is 3.15. The molecule has 0 bridgehead atoms. The van der Waals surface area contributed by atoms with Gasteiger partial charge in [0.2, 0.25) is 0 Å². The van der Waals surface area contributed by atoms with Crippen LogP contribution in [0.25, 0.3) is 0 Å². The maximum atomic E-state index is 8.70. The predicted molar refractivity (Wildman–Crippen MR) is 28.0 cm³/mol. The summed E-state index contributed by atoms with van der Waals surface area (Å²) in [6, 6.07) is 0. The van der Waals surface area contributed by atoms with Gasteiger partial charge in [-0.1, -0.05) is 20.3 Å². The first-order valence-corrected chi connectivity index (χ1v) is 3.16. The predicted octanol–water partition coefficient (Wildman–Crippen LogP) is 1.04. The molecule has 0 atom stereocenters. The average molecular weight is 125 g/mol. The van der Waals surface area contributed by atoms with Gasteiger partial charge in [-0.3, -0.25) is 0 Å². The van der Waals surface area contributed by atoms with Gasteiger partial charge in [-0.15, -0.1) is 9.79 Å². The number of rotatable bonds is 0. The minimum Gasteiger partial charge on any atom is -0.134 e. The van der Waals surface area contributed by atoms with E-state index in [0.717, 1.165) is 0 Å². The fraction of sp³-hybridized carbons (Fsp3) is 1.00. The Morgan fingerprint density at radius 3 is 1.43 bits per heavy atom. The lowest BCUT2D eigenvalue weighted by molar-refractivity contribution is 0.405. The Balaban J connectivity index is 0. The molecule has 0 amide bonds. The molecular formula is C3H10O3P+. The highest BCUT2D eigenvalue weighted by Gasteiger charge is 1.93. The van der Waals surface area contributed by atoms with Crippen molar-refractivity contribution in [2.45, 2.75) is 20.3 Å². The third-order valence-electron chi connectivity index (χ3n) is 0. The maximum Gasteiger partial charge on any atom is 0.692 e. The number of hydrogen-bond acceptors (Lipinski definition) is 1. The van der Waals surface area contributed by atoms with Crippen LogP contribution in [0.1, 0.15) is 20.3 Å². The molecule has 4 heteroatoms. The summed E-state index contributed by atoms with van der Waals surface area (Å²) >= 11 is 0. The molecule has 0 rings (SSSR count). The van der Waals surface area contributed by atoms with Gasteiger partial charge < -0.3 is 0 Å². The van der Waals surface area contributed by atoms with Crippen LogP contribution in [-0.4, -0.2) is 9.79 Å². The van der Waals surface area contributed by atoms with E-state index in [2.05, 4.69) is 13.8 Å². The van der Waals surface area contributed by atoms with Gasteiger partial charge in [0, 0.05) is 4.57 Å². The number of hydrogen-bond donors (Lipinski definition) is 2. The van der Waals surface area contributed by atoms with E-state index in [1.165, 1.54) is 6.42 Å². The molecular weight excluding hydrogens is 115 g/mol. The van der Waals surface area contributed by atoms with Gasteiger partial charge in [0.15, 0.2) is 0 Å². The molecule has 44 valence electrons. The lowest BCUT2D eigenvalue weighted by atomic mass is 10.6. The standard InChI is InChI=1S/C3H8.HO3P/c1-3-2;1-4(2)3/h3H2,1-2H3;(H-,1,2,3)/p+1. The Labute approximate surface area is 43.9 Å². The summed E-state index contributed by atoms with van der Waals surface area (Å²) in [6.07, 6.45) is 1.25. The summed E-state index contributed by atoms with van der Waals surface area (Å²) in [5.41, 5.74) is 0. The van der Waals surface area contributed by atoms with Gasteiger partial charge in [0.25, 0.3) is 0 Å². The summed E-state index contributed by atoms with van der Waals surface area (Å²) in [5.74, 6) is 0. The SMILES string of the molecule is CCC.O=[P+](O)O. The van der Waals surface area contributed by atoms with E-state index in [-0.39, 0.29) is 0 Å². The van der Waals surface area contributed by atoms with E-state index in [1.54, 1.807) is 0 Å². The van der Waals surface area contributed by atoms with Gasteiger partial charge in [0.05, 0.1) is 0 Å². The van der Waals surface area contributed by atoms with E-state index >= 15 is 0 Å². The average Bonchev–Trinajstić information content (AvgIpc) is 1.33. The van der Waals surface area contributed by atoms with E-state index < -0.39 is 8.25 Å². The van der Waals surface area contributed by atoms with Crippen molar-refractivity contribution in [1.82, 2.24) is 0 Å². The minimum absolute atomic E-state index is 1.25. The molecule has 0 aromatic rings. The Hall–Kier alpha value is 0.0200. The molecule has 0 aliphatic heterocycles. The van der Waals surface area contributed by atoms with Crippen molar-refractivity contribution in [3.63, 3.8) is 0 Å². The second-order valence-electron chi connectivity index (χ2n) is 0.960. The maximum absolute atomic E-state index is 8.70. The largest absolute Gasteiger partial charge is 0.692 e. The van der Waals surface area contributed by atoms with Crippen LogP contribution in [0, 0.1) is 0 Å². The van der Waals surface area contributed by atoms with Gasteiger partial charge >= 0.3 is 8.25 Å². The summed E-state index contributed by atoms with van der Waals surface area (Å²) < 4.78 is 8.70. The second-order valence-corrected chi connectivity index (χ2v) is 1.47. The van der Waals surface area contributed by atoms with Crippen molar-refractivity contribution in [2.75, 3.05) is 0 Å². The zero-order valence-corrected chi connectivity index (χ0v) is 5.35. The smallest absolute Gasteiger partial charge is 0.134 e. The van der Waals surface area contributed by atoms with Crippen LogP contribution in [-0.2, 0) is 4.57 Å². The van der Waals surface area contributed by atoms with E-state index in [4.69, 9.17) is 14.4 Å². The molecule has 0 spiro atoms. The Morgan fingerprint density at radius 1 is 1.43 bits per heavy atom. The first kappa shape index (κ1) is 10.1. The second kappa shape index (κ2) is 9.39. The van der Waals surface area contributed by atoms with Crippen LogP contribution < -0.4 is 0 Å². The zero-order valence-electron chi connectivity index (χ0n) is 4.46. The van der Waals surface area contributed by atoms with E-state index in [1.807, 2.05) is 0 Å². The topological polar surface area (TPSA) is 57.5 Å². The molecule has 0 aromatic heterocycles. The fourth-order valence-electron chi connectivity index (χ4n) is 0. The molecule has 0 aliphatic rings. The van der Waals surface area contributed by atoms with E-state index in [9.17, 15) is 0 Å². The normalized spacial score (nSPS) is 6.29. The minimum atomic E-state index is -2.87. The third-order valence-corrected chi connectivity index (χ3v) is 0. The molecule has 0 fully saturated rings. The molecule has 0 aliphatic carbocycles. The zero-order chi connectivity index (χ0) is 6.28. The summed E-state index contributed by atoms with van der Waals surface area (Å²) in [4.78, 5) is 14.2. The molecule has 0 heterocycles. The molecule has 0 aromatic carbocycles.